The molecule has 0 spiro atoms. The Bertz CT molecular complexity index is 1210. The van der Waals surface area contributed by atoms with E-state index < -0.39 is 17.7 Å². The molecule has 2 aromatic carbocycles. The van der Waals surface area contributed by atoms with Crippen LogP contribution in [0.4, 0.5) is 0 Å². The Morgan fingerprint density at radius 1 is 1.06 bits per heavy atom. The zero-order valence-corrected chi connectivity index (χ0v) is 18.5. The van der Waals surface area contributed by atoms with Crippen LogP contribution >= 0.6 is 23.2 Å². The van der Waals surface area contributed by atoms with Gasteiger partial charge in [0.05, 0.1) is 23.7 Å². The second-order valence-corrected chi connectivity index (χ2v) is 8.02. The molecule has 162 valence electrons. The second kappa shape index (κ2) is 9.02. The summed E-state index contributed by atoms with van der Waals surface area (Å²) in [5.74, 6) is -1.44. The highest BCUT2D eigenvalue weighted by atomic mass is 35.5. The van der Waals surface area contributed by atoms with Crippen LogP contribution in [0.2, 0.25) is 10.0 Å². The highest BCUT2D eigenvalue weighted by molar-refractivity contribution is 6.47. The third-order valence-corrected chi connectivity index (χ3v) is 5.84. The topological polar surface area (TPSA) is 79.7 Å². The number of nitrogens with zero attached hydrogens (tertiary/aromatic N) is 2. The third-order valence-electron chi connectivity index (χ3n) is 5.26. The summed E-state index contributed by atoms with van der Waals surface area (Å²) in [5, 5.41) is 11.9. The lowest BCUT2D eigenvalue weighted by atomic mass is 9.95. The quantitative estimate of drug-likeness (QED) is 0.323. The van der Waals surface area contributed by atoms with Crippen LogP contribution in [0, 0.1) is 0 Å². The van der Waals surface area contributed by atoms with Gasteiger partial charge in [-0.1, -0.05) is 35.3 Å². The first-order chi connectivity index (χ1) is 15.4. The molecule has 1 aliphatic heterocycles. The Morgan fingerprint density at radius 2 is 1.75 bits per heavy atom. The van der Waals surface area contributed by atoms with Crippen LogP contribution in [0.1, 0.15) is 22.7 Å². The number of likely N-dealkylation sites (tertiary alicyclic amines) is 1. The number of aromatic nitrogens is 1. The van der Waals surface area contributed by atoms with Crippen molar-refractivity contribution in [3.05, 3.63) is 99.3 Å². The number of hydrogen-bond donors (Lipinski definition) is 1. The summed E-state index contributed by atoms with van der Waals surface area (Å²) in [6.07, 6.45) is 3.22. The summed E-state index contributed by atoms with van der Waals surface area (Å²) in [4.78, 5) is 31.6. The van der Waals surface area contributed by atoms with E-state index in [2.05, 4.69) is 4.98 Å². The lowest BCUT2D eigenvalue weighted by Crippen LogP contribution is -2.29. The third kappa shape index (κ3) is 4.07. The van der Waals surface area contributed by atoms with Gasteiger partial charge >= 0.3 is 0 Å². The van der Waals surface area contributed by atoms with Gasteiger partial charge in [0.15, 0.2) is 0 Å². The molecule has 1 aliphatic rings. The maximum absolute atomic E-state index is 13.1. The van der Waals surface area contributed by atoms with E-state index in [0.717, 1.165) is 5.56 Å². The first-order valence-corrected chi connectivity index (χ1v) is 10.4. The van der Waals surface area contributed by atoms with Crippen LogP contribution in [-0.4, -0.2) is 33.8 Å². The van der Waals surface area contributed by atoms with E-state index in [1.165, 1.54) is 18.1 Å². The van der Waals surface area contributed by atoms with Gasteiger partial charge in [0.2, 0.25) is 0 Å². The molecule has 1 fully saturated rings. The highest BCUT2D eigenvalue weighted by Gasteiger charge is 2.46. The van der Waals surface area contributed by atoms with Gasteiger partial charge in [-0.3, -0.25) is 14.6 Å². The van der Waals surface area contributed by atoms with Gasteiger partial charge in [0.1, 0.15) is 11.5 Å². The SMILES string of the molecule is COc1ccc(Cl)c(/C(O)=C2\C(=O)C(=O)N(Cc3ccncc3)C2c2ccc(Cl)cc2)c1. The van der Waals surface area contributed by atoms with Crippen molar-refractivity contribution in [1.82, 2.24) is 9.88 Å². The molecule has 8 heteroatoms. The van der Waals surface area contributed by atoms with Crippen LogP contribution in [0.5, 0.6) is 5.75 Å². The lowest BCUT2D eigenvalue weighted by Gasteiger charge is -2.25. The monoisotopic (exact) mass is 468 g/mol. The van der Waals surface area contributed by atoms with Crippen LogP contribution in [-0.2, 0) is 16.1 Å². The van der Waals surface area contributed by atoms with E-state index in [4.69, 9.17) is 27.9 Å². The number of hydrogen-bond acceptors (Lipinski definition) is 5. The number of methoxy groups -OCH3 is 1. The number of pyridine rings is 1. The normalized spacial score (nSPS) is 17.6. The number of aliphatic hydroxyl groups is 1. The van der Waals surface area contributed by atoms with Gasteiger partial charge in [-0.2, -0.15) is 0 Å². The first kappa shape index (κ1) is 21.9. The van der Waals surface area contributed by atoms with Crippen molar-refractivity contribution in [3.8, 4) is 5.75 Å². The second-order valence-electron chi connectivity index (χ2n) is 7.18. The Balaban J connectivity index is 1.89. The number of carbonyl (C=O) groups is 2. The van der Waals surface area contributed by atoms with Crippen LogP contribution in [0.25, 0.3) is 5.76 Å². The predicted octanol–water partition coefficient (Wildman–Crippen LogP) is 5.02. The molecular weight excluding hydrogens is 451 g/mol. The summed E-state index contributed by atoms with van der Waals surface area (Å²) < 4.78 is 5.22. The van der Waals surface area contributed by atoms with Gasteiger partial charge in [-0.25, -0.2) is 0 Å². The molecule has 1 saturated heterocycles. The molecule has 0 aliphatic carbocycles. The number of Topliss-reactive ketones (excluding diaryl/α,β-unsaturated/α-hetero) is 1. The Labute approximate surface area is 194 Å². The summed E-state index contributed by atoms with van der Waals surface area (Å²) in [6, 6.07) is 14.2. The average molecular weight is 469 g/mol. The van der Waals surface area contributed by atoms with Crippen LogP contribution < -0.4 is 4.74 Å². The van der Waals surface area contributed by atoms with E-state index in [9.17, 15) is 14.7 Å². The Morgan fingerprint density at radius 3 is 2.41 bits per heavy atom. The molecule has 6 nitrogen and oxygen atoms in total. The van der Waals surface area contributed by atoms with E-state index in [1.807, 2.05) is 0 Å². The number of aliphatic hydroxyl groups excluding tert-OH is 1. The van der Waals surface area contributed by atoms with Crippen molar-refractivity contribution in [2.24, 2.45) is 0 Å². The molecule has 1 N–H and O–H groups in total. The minimum atomic E-state index is -0.831. The fourth-order valence-corrected chi connectivity index (χ4v) is 4.01. The minimum Gasteiger partial charge on any atom is -0.507 e. The molecule has 2 heterocycles. The summed E-state index contributed by atoms with van der Waals surface area (Å²) in [7, 11) is 1.48. The number of amides is 1. The number of halogens is 2. The number of benzene rings is 2. The van der Waals surface area contributed by atoms with Crippen molar-refractivity contribution >= 4 is 40.7 Å². The van der Waals surface area contributed by atoms with Gasteiger partial charge in [-0.15, -0.1) is 0 Å². The fourth-order valence-electron chi connectivity index (χ4n) is 3.68. The number of ketones is 1. The van der Waals surface area contributed by atoms with Gasteiger partial charge in [-0.05, 0) is 53.6 Å². The molecule has 32 heavy (non-hydrogen) atoms. The van der Waals surface area contributed by atoms with E-state index in [-0.39, 0.29) is 28.5 Å². The zero-order chi connectivity index (χ0) is 22.8. The summed E-state index contributed by atoms with van der Waals surface area (Å²) in [6.45, 7) is 0.156. The molecular formula is C24H18Cl2N2O4. The number of carbonyl (C=O) groups excluding carboxylic acids is 2. The molecule has 3 aromatic rings. The van der Waals surface area contributed by atoms with Gasteiger partial charge in [0, 0.05) is 29.5 Å². The van der Waals surface area contributed by atoms with E-state index in [1.54, 1.807) is 60.9 Å². The zero-order valence-electron chi connectivity index (χ0n) is 17.0. The lowest BCUT2D eigenvalue weighted by molar-refractivity contribution is -0.140. The minimum absolute atomic E-state index is 0.0541. The maximum Gasteiger partial charge on any atom is 0.295 e. The van der Waals surface area contributed by atoms with Crippen molar-refractivity contribution in [1.29, 1.82) is 0 Å². The molecule has 0 bridgehead atoms. The molecule has 0 radical (unpaired) electrons. The maximum atomic E-state index is 13.1. The van der Waals surface area contributed by atoms with Crippen LogP contribution in [0.15, 0.2) is 72.6 Å². The largest absolute Gasteiger partial charge is 0.507 e. The smallest absolute Gasteiger partial charge is 0.295 e. The summed E-state index contributed by atoms with van der Waals surface area (Å²) in [5.41, 5.74) is 1.57. The van der Waals surface area contributed by atoms with Gasteiger partial charge in [0.25, 0.3) is 11.7 Å². The Kier molecular flexibility index (Phi) is 6.17. The highest BCUT2D eigenvalue weighted by Crippen LogP contribution is 2.42. The molecule has 1 atom stereocenters. The summed E-state index contributed by atoms with van der Waals surface area (Å²) >= 11 is 12.4. The van der Waals surface area contributed by atoms with Crippen LogP contribution in [0.3, 0.4) is 0 Å². The van der Waals surface area contributed by atoms with Crippen molar-refractivity contribution in [2.75, 3.05) is 7.11 Å². The Hall–Kier alpha value is -3.35. The first-order valence-electron chi connectivity index (χ1n) is 9.67. The molecule has 1 aromatic heterocycles. The van der Waals surface area contributed by atoms with E-state index in [0.29, 0.717) is 16.3 Å². The molecule has 4 rings (SSSR count). The van der Waals surface area contributed by atoms with Crippen molar-refractivity contribution in [2.45, 2.75) is 12.6 Å². The number of rotatable bonds is 5. The fraction of sp³-hybridized carbons (Fsp3) is 0.125. The predicted molar refractivity (Wildman–Crippen MR) is 122 cm³/mol. The molecule has 1 unspecified atom stereocenters. The van der Waals surface area contributed by atoms with Gasteiger partial charge < -0.3 is 14.7 Å². The standard InChI is InChI=1S/C24H18Cl2N2O4/c1-32-17-6-7-19(26)18(12-17)22(29)20-21(15-2-4-16(25)5-3-15)28(24(31)23(20)30)13-14-8-10-27-11-9-14/h2-12,21,29H,13H2,1H3/b22-20+. The average Bonchev–Trinajstić information content (AvgIpc) is 3.05. The molecule has 1 amide bonds. The van der Waals surface area contributed by atoms with Crippen molar-refractivity contribution < 1.29 is 19.4 Å². The molecule has 0 saturated carbocycles. The van der Waals surface area contributed by atoms with E-state index >= 15 is 0 Å². The number of ether oxygens (including phenoxy) is 1. The van der Waals surface area contributed by atoms with Crippen molar-refractivity contribution in [3.63, 3.8) is 0 Å².